The summed E-state index contributed by atoms with van der Waals surface area (Å²) in [4.78, 5) is 41.3. The highest BCUT2D eigenvalue weighted by Crippen LogP contribution is 2.25. The lowest BCUT2D eigenvalue weighted by Gasteiger charge is -1.91. The molecule has 0 saturated heterocycles. The van der Waals surface area contributed by atoms with Gasteiger partial charge in [-0.25, -0.2) is 9.36 Å². The predicted molar refractivity (Wildman–Crippen MR) is 46.3 cm³/mol. The lowest BCUT2D eigenvalue weighted by atomic mass is 10.2. The number of aliphatic carboxylic acids is 1. The molecule has 82 valence electrons. The minimum atomic E-state index is -4.64. The molecule has 0 heterocycles. The summed E-state index contributed by atoms with van der Waals surface area (Å²) in [6.45, 7) is 3.23. The van der Waals surface area contributed by atoms with Gasteiger partial charge in [-0.05, 0) is 6.42 Å². The normalized spacial score (nSPS) is 9.64. The summed E-state index contributed by atoms with van der Waals surface area (Å²) in [7, 11) is -4.64. The third-order valence-corrected chi connectivity index (χ3v) is 0.866. The third-order valence-electron chi connectivity index (χ3n) is 0.866. The number of aldehydes is 1. The number of carboxylic acids is 1. The zero-order chi connectivity index (χ0) is 11.8. The molecular formula is C6H11O7P. The topological polar surface area (TPSA) is 132 Å². The molecule has 4 N–H and O–H groups in total. The van der Waals surface area contributed by atoms with Crippen LogP contribution in [0.2, 0.25) is 0 Å². The fourth-order valence-corrected chi connectivity index (χ4v) is 0.340. The van der Waals surface area contributed by atoms with Crippen LogP contribution in [0.25, 0.3) is 0 Å². The van der Waals surface area contributed by atoms with Crippen molar-refractivity contribution in [1.82, 2.24) is 0 Å². The number of carbonyl (C=O) groups excluding carboxylic acids is 1. The van der Waals surface area contributed by atoms with E-state index in [4.69, 9.17) is 24.4 Å². The first-order valence-corrected chi connectivity index (χ1v) is 4.88. The van der Waals surface area contributed by atoms with Crippen LogP contribution in [0.15, 0.2) is 12.2 Å². The van der Waals surface area contributed by atoms with Crippen LogP contribution in [-0.4, -0.2) is 32.0 Å². The monoisotopic (exact) mass is 226 g/mol. The van der Waals surface area contributed by atoms with Gasteiger partial charge in [0.25, 0.3) is 0 Å². The highest BCUT2D eigenvalue weighted by atomic mass is 31.2. The molecular weight excluding hydrogens is 215 g/mol. The Bertz CT molecular complexity index is 245. The average Bonchev–Trinajstić information content (AvgIpc) is 1.96. The fourth-order valence-electron chi connectivity index (χ4n) is 0.340. The number of phosphoric acid groups is 1. The van der Waals surface area contributed by atoms with Crippen molar-refractivity contribution in [3.63, 3.8) is 0 Å². The van der Waals surface area contributed by atoms with Gasteiger partial charge in [0.15, 0.2) is 0 Å². The van der Waals surface area contributed by atoms with Gasteiger partial charge in [-0.1, -0.05) is 6.58 Å². The van der Waals surface area contributed by atoms with E-state index in [0.717, 1.165) is 0 Å². The standard InChI is InChI=1S/C6H8O3.H3O4P/c1-5(6(8)9)3-2-4-7;1-5(2,3)4/h4H,1-3H2,(H,8,9);(H3,1,2,3,4). The van der Waals surface area contributed by atoms with Crippen molar-refractivity contribution in [3.8, 4) is 0 Å². The lowest BCUT2D eigenvalue weighted by molar-refractivity contribution is -0.132. The SMILES string of the molecule is C=C(CCC=O)C(=O)O.O=P(O)(O)O. The van der Waals surface area contributed by atoms with E-state index < -0.39 is 13.8 Å². The van der Waals surface area contributed by atoms with Crippen molar-refractivity contribution in [2.75, 3.05) is 0 Å². The predicted octanol–water partition coefficient (Wildman–Crippen LogP) is -0.322. The fraction of sp³-hybridized carbons (Fsp3) is 0.333. The van der Waals surface area contributed by atoms with Crippen LogP contribution in [-0.2, 0) is 14.2 Å². The molecule has 0 aliphatic rings. The van der Waals surface area contributed by atoms with Gasteiger partial charge in [0.1, 0.15) is 6.29 Å². The van der Waals surface area contributed by atoms with Crippen LogP contribution >= 0.6 is 7.82 Å². The van der Waals surface area contributed by atoms with E-state index in [0.29, 0.717) is 6.29 Å². The van der Waals surface area contributed by atoms with Crippen LogP contribution in [0.1, 0.15) is 12.8 Å². The maximum Gasteiger partial charge on any atom is 0.466 e. The van der Waals surface area contributed by atoms with E-state index in [1.54, 1.807) is 0 Å². The first-order chi connectivity index (χ1) is 6.18. The largest absolute Gasteiger partial charge is 0.478 e. The molecule has 0 radical (unpaired) electrons. The summed E-state index contributed by atoms with van der Waals surface area (Å²) in [5.74, 6) is -1.03. The van der Waals surface area contributed by atoms with Gasteiger partial charge in [-0.15, -0.1) is 0 Å². The molecule has 0 bridgehead atoms. The Morgan fingerprint density at radius 1 is 1.36 bits per heavy atom. The number of hydrogen-bond donors (Lipinski definition) is 4. The Kier molecular flexibility index (Phi) is 8.17. The Hall–Kier alpha value is -1.01. The van der Waals surface area contributed by atoms with E-state index in [1.165, 1.54) is 0 Å². The molecule has 0 saturated carbocycles. The third kappa shape index (κ3) is 22.4. The second-order valence-corrected chi connectivity index (χ2v) is 3.15. The van der Waals surface area contributed by atoms with Crippen molar-refractivity contribution in [3.05, 3.63) is 12.2 Å². The van der Waals surface area contributed by atoms with Crippen molar-refractivity contribution >= 4 is 20.1 Å². The summed E-state index contributed by atoms with van der Waals surface area (Å²) < 4.78 is 8.88. The molecule has 14 heavy (non-hydrogen) atoms. The zero-order valence-corrected chi connectivity index (χ0v) is 8.05. The van der Waals surface area contributed by atoms with E-state index in [9.17, 15) is 9.59 Å². The first kappa shape index (κ1) is 15.5. The smallest absolute Gasteiger partial charge is 0.466 e. The minimum absolute atomic E-state index is 0.0853. The molecule has 0 amide bonds. The van der Waals surface area contributed by atoms with Crippen molar-refractivity contribution in [1.29, 1.82) is 0 Å². The summed E-state index contributed by atoms with van der Waals surface area (Å²) in [6, 6.07) is 0. The van der Waals surface area contributed by atoms with Gasteiger partial charge in [0, 0.05) is 12.0 Å². The zero-order valence-electron chi connectivity index (χ0n) is 7.16. The Morgan fingerprint density at radius 3 is 1.93 bits per heavy atom. The highest BCUT2D eigenvalue weighted by molar-refractivity contribution is 7.45. The number of rotatable bonds is 4. The molecule has 0 atom stereocenters. The molecule has 0 fully saturated rings. The molecule has 8 heteroatoms. The molecule has 0 aromatic heterocycles. The lowest BCUT2D eigenvalue weighted by Crippen LogP contribution is -1.98. The van der Waals surface area contributed by atoms with Crippen molar-refractivity contribution in [2.45, 2.75) is 12.8 Å². The number of carbonyl (C=O) groups is 2. The molecule has 0 aromatic carbocycles. The van der Waals surface area contributed by atoms with Gasteiger partial charge in [0.05, 0.1) is 0 Å². The van der Waals surface area contributed by atoms with Gasteiger partial charge in [-0.3, -0.25) is 0 Å². The minimum Gasteiger partial charge on any atom is -0.478 e. The molecule has 0 aromatic rings. The van der Waals surface area contributed by atoms with Gasteiger partial charge in [0.2, 0.25) is 0 Å². The summed E-state index contributed by atoms with van der Waals surface area (Å²) in [6.07, 6.45) is 1.16. The van der Waals surface area contributed by atoms with Gasteiger partial charge < -0.3 is 24.6 Å². The maximum absolute atomic E-state index is 9.99. The summed E-state index contributed by atoms with van der Waals surface area (Å²) >= 11 is 0. The first-order valence-electron chi connectivity index (χ1n) is 3.31. The molecule has 7 nitrogen and oxygen atoms in total. The number of carboxylic acid groups (broad SMARTS) is 1. The summed E-state index contributed by atoms with van der Waals surface area (Å²) in [5, 5.41) is 8.19. The summed E-state index contributed by atoms with van der Waals surface area (Å²) in [5.41, 5.74) is 0.0853. The Labute approximate surface area is 79.9 Å². The average molecular weight is 226 g/mol. The van der Waals surface area contributed by atoms with Crippen molar-refractivity contribution in [2.24, 2.45) is 0 Å². The Morgan fingerprint density at radius 2 is 1.71 bits per heavy atom. The number of hydrogen-bond acceptors (Lipinski definition) is 3. The van der Waals surface area contributed by atoms with Crippen LogP contribution in [0.3, 0.4) is 0 Å². The van der Waals surface area contributed by atoms with E-state index >= 15 is 0 Å². The quantitative estimate of drug-likeness (QED) is 0.293. The van der Waals surface area contributed by atoms with Crippen molar-refractivity contribution < 1.29 is 33.9 Å². The maximum atomic E-state index is 9.99. The molecule has 0 spiro atoms. The molecule has 0 unspecified atom stereocenters. The van der Waals surface area contributed by atoms with E-state index in [2.05, 4.69) is 6.58 Å². The Balaban J connectivity index is 0. The van der Waals surface area contributed by atoms with Crippen LogP contribution in [0, 0.1) is 0 Å². The van der Waals surface area contributed by atoms with Gasteiger partial charge >= 0.3 is 13.8 Å². The second kappa shape index (κ2) is 7.40. The van der Waals surface area contributed by atoms with Crippen LogP contribution < -0.4 is 0 Å². The van der Waals surface area contributed by atoms with E-state index in [-0.39, 0.29) is 18.4 Å². The molecule has 0 aliphatic carbocycles. The van der Waals surface area contributed by atoms with Crippen LogP contribution in [0.5, 0.6) is 0 Å². The molecule has 0 rings (SSSR count). The molecule has 0 aliphatic heterocycles. The second-order valence-electron chi connectivity index (χ2n) is 2.13. The van der Waals surface area contributed by atoms with E-state index in [1.807, 2.05) is 0 Å². The highest BCUT2D eigenvalue weighted by Gasteiger charge is 2.01. The van der Waals surface area contributed by atoms with Crippen LogP contribution in [0.4, 0.5) is 0 Å². The van der Waals surface area contributed by atoms with Gasteiger partial charge in [-0.2, -0.15) is 0 Å².